The van der Waals surface area contributed by atoms with Gasteiger partial charge >= 0.3 is 11.9 Å². The summed E-state index contributed by atoms with van der Waals surface area (Å²) in [5, 5.41) is 0. The maximum absolute atomic E-state index is 12.5. The third kappa shape index (κ3) is 3.50. The van der Waals surface area contributed by atoms with Crippen molar-refractivity contribution < 1.29 is 28.7 Å². The van der Waals surface area contributed by atoms with Gasteiger partial charge in [0.1, 0.15) is 4.99 Å². The lowest BCUT2D eigenvalue weighted by Crippen LogP contribution is -2.53. The van der Waals surface area contributed by atoms with Crippen LogP contribution in [0.1, 0.15) is 34.6 Å². The van der Waals surface area contributed by atoms with E-state index in [1.165, 1.54) is 19.1 Å². The molecule has 9 heteroatoms. The van der Waals surface area contributed by atoms with Gasteiger partial charge in [-0.25, -0.2) is 9.59 Å². The Hall–Kier alpha value is -2.81. The van der Waals surface area contributed by atoms with Gasteiger partial charge in [-0.15, -0.1) is 0 Å². The summed E-state index contributed by atoms with van der Waals surface area (Å²) < 4.78 is 9.70. The summed E-state index contributed by atoms with van der Waals surface area (Å²) in [5.41, 5.74) is 5.83. The minimum Gasteiger partial charge on any atom is -0.463 e. The molecule has 0 spiro atoms. The molecule has 2 atom stereocenters. The molecule has 0 fully saturated rings. The predicted molar refractivity (Wildman–Crippen MR) is 89.7 cm³/mol. The number of hydrogen-bond acceptors (Lipinski definition) is 7. The van der Waals surface area contributed by atoms with E-state index >= 15 is 0 Å². The van der Waals surface area contributed by atoms with Gasteiger partial charge in [-0.1, -0.05) is 24.4 Å². The van der Waals surface area contributed by atoms with Crippen LogP contribution in [0.15, 0.2) is 24.3 Å². The molecule has 1 aromatic rings. The van der Waals surface area contributed by atoms with Crippen molar-refractivity contribution in [2.75, 3.05) is 6.61 Å². The largest absolute Gasteiger partial charge is 0.463 e. The molecule has 1 aromatic carbocycles. The summed E-state index contributed by atoms with van der Waals surface area (Å²) >= 11 is 4.83. The average Bonchev–Trinajstić information content (AvgIpc) is 2.80. The van der Waals surface area contributed by atoms with E-state index in [9.17, 15) is 19.2 Å². The summed E-state index contributed by atoms with van der Waals surface area (Å²) in [6, 6.07) is 4.48. The third-order valence-corrected chi connectivity index (χ3v) is 3.71. The number of ether oxygens (including phenoxy) is 2. The molecule has 0 bridgehead atoms. The molecule has 0 saturated carbocycles. The molecule has 1 aliphatic rings. The van der Waals surface area contributed by atoms with Crippen molar-refractivity contribution in [3.63, 3.8) is 0 Å². The fourth-order valence-electron chi connectivity index (χ4n) is 2.34. The number of thiocarbonyl (C=S) groups is 1. The SMILES string of the molecule is CCOC(=O)[C@H](C)OC(=O)C(C(N)=S)N1C(=O)c2ccccc2C1=O. The van der Waals surface area contributed by atoms with E-state index in [2.05, 4.69) is 0 Å². The summed E-state index contributed by atoms with van der Waals surface area (Å²) in [4.78, 5) is 49.1. The van der Waals surface area contributed by atoms with Crippen molar-refractivity contribution in [2.45, 2.75) is 26.0 Å². The van der Waals surface area contributed by atoms with Crippen molar-refractivity contribution in [1.29, 1.82) is 0 Å². The average molecular weight is 364 g/mol. The van der Waals surface area contributed by atoms with Gasteiger partial charge in [-0.3, -0.25) is 14.5 Å². The zero-order chi connectivity index (χ0) is 18.7. The number of amides is 2. The van der Waals surface area contributed by atoms with Crippen LogP contribution in [0.2, 0.25) is 0 Å². The molecule has 0 aromatic heterocycles. The molecule has 2 rings (SSSR count). The molecule has 1 unspecified atom stereocenters. The fraction of sp³-hybridized carbons (Fsp3) is 0.312. The number of nitrogens with two attached hydrogens (primary N) is 1. The van der Waals surface area contributed by atoms with Crippen molar-refractivity contribution in [1.82, 2.24) is 4.90 Å². The summed E-state index contributed by atoms with van der Waals surface area (Å²) in [6.45, 7) is 3.01. The molecule has 0 aliphatic carbocycles. The normalized spacial score (nSPS) is 15.4. The predicted octanol–water partition coefficient (Wildman–Crippen LogP) is 0.432. The van der Waals surface area contributed by atoms with Crippen LogP contribution in [0, 0.1) is 0 Å². The second-order valence-electron chi connectivity index (χ2n) is 5.16. The van der Waals surface area contributed by atoms with E-state index < -0.39 is 40.9 Å². The maximum Gasteiger partial charge on any atom is 0.347 e. The lowest BCUT2D eigenvalue weighted by molar-refractivity contribution is -0.167. The maximum atomic E-state index is 12.5. The zero-order valence-electron chi connectivity index (χ0n) is 13.6. The highest BCUT2D eigenvalue weighted by atomic mass is 32.1. The fourth-order valence-corrected chi connectivity index (χ4v) is 2.54. The number of rotatable bonds is 6. The van der Waals surface area contributed by atoms with Gasteiger partial charge < -0.3 is 15.2 Å². The van der Waals surface area contributed by atoms with E-state index in [-0.39, 0.29) is 17.7 Å². The van der Waals surface area contributed by atoms with E-state index in [0.29, 0.717) is 4.90 Å². The van der Waals surface area contributed by atoms with Crippen molar-refractivity contribution in [2.24, 2.45) is 5.73 Å². The van der Waals surface area contributed by atoms with E-state index in [1.807, 2.05) is 0 Å². The van der Waals surface area contributed by atoms with Crippen molar-refractivity contribution in [3.8, 4) is 0 Å². The first-order valence-electron chi connectivity index (χ1n) is 7.43. The molecule has 1 heterocycles. The first-order chi connectivity index (χ1) is 11.8. The molecule has 0 radical (unpaired) electrons. The van der Waals surface area contributed by atoms with Crippen LogP contribution in [0.4, 0.5) is 0 Å². The van der Waals surface area contributed by atoms with Crippen LogP contribution in [0.25, 0.3) is 0 Å². The number of nitrogens with zero attached hydrogens (tertiary/aromatic N) is 1. The highest BCUT2D eigenvalue weighted by Gasteiger charge is 2.45. The van der Waals surface area contributed by atoms with E-state index in [0.717, 1.165) is 0 Å². The molecular weight excluding hydrogens is 348 g/mol. The molecular formula is C16H16N2O6S. The monoisotopic (exact) mass is 364 g/mol. The Balaban J connectivity index is 2.26. The smallest absolute Gasteiger partial charge is 0.347 e. The quantitative estimate of drug-likeness (QED) is 0.439. The number of carbonyl (C=O) groups excluding carboxylic acids is 4. The topological polar surface area (TPSA) is 116 Å². The van der Waals surface area contributed by atoms with Gasteiger partial charge in [0, 0.05) is 0 Å². The number of imide groups is 1. The van der Waals surface area contributed by atoms with Crippen LogP contribution in [0.3, 0.4) is 0 Å². The van der Waals surface area contributed by atoms with Gasteiger partial charge in [0.25, 0.3) is 11.8 Å². The van der Waals surface area contributed by atoms with Crippen LogP contribution in [0.5, 0.6) is 0 Å². The lowest BCUT2D eigenvalue weighted by Gasteiger charge is -2.24. The van der Waals surface area contributed by atoms with Gasteiger partial charge in [0.2, 0.25) is 0 Å². The zero-order valence-corrected chi connectivity index (χ0v) is 14.4. The second kappa shape index (κ2) is 7.39. The van der Waals surface area contributed by atoms with Gasteiger partial charge in [0.05, 0.1) is 17.7 Å². The first kappa shape index (κ1) is 18.5. The van der Waals surface area contributed by atoms with Gasteiger partial charge in [-0.2, -0.15) is 0 Å². The molecule has 8 nitrogen and oxygen atoms in total. The minimum absolute atomic E-state index is 0.109. The number of benzene rings is 1. The summed E-state index contributed by atoms with van der Waals surface area (Å²) in [6.07, 6.45) is -1.24. The molecule has 2 N–H and O–H groups in total. The number of esters is 2. The van der Waals surface area contributed by atoms with Crippen LogP contribution in [-0.4, -0.2) is 52.4 Å². The summed E-state index contributed by atoms with van der Waals surface area (Å²) in [5.74, 6) is -3.26. The Labute approximate surface area is 148 Å². The van der Waals surface area contributed by atoms with E-state index in [1.54, 1.807) is 19.1 Å². The Kier molecular flexibility index (Phi) is 5.48. The second-order valence-corrected chi connectivity index (χ2v) is 5.63. The standard InChI is InChI=1S/C16H16N2O6S/c1-3-23-15(21)8(2)24-16(22)11(12(17)25)18-13(19)9-6-4-5-7-10(9)14(18)20/h4-8,11H,3H2,1-2H3,(H2,17,25)/t8-,11?/m0/s1. The Morgan fingerprint density at radius 1 is 1.16 bits per heavy atom. The Morgan fingerprint density at radius 2 is 1.68 bits per heavy atom. The van der Waals surface area contributed by atoms with Crippen molar-refractivity contribution >= 4 is 41.0 Å². The molecule has 1 aliphatic heterocycles. The summed E-state index contributed by atoms with van der Waals surface area (Å²) in [7, 11) is 0. The van der Waals surface area contributed by atoms with Gasteiger partial charge in [-0.05, 0) is 26.0 Å². The number of hydrogen-bond donors (Lipinski definition) is 1. The van der Waals surface area contributed by atoms with Crippen LogP contribution < -0.4 is 5.73 Å². The first-order valence-corrected chi connectivity index (χ1v) is 7.83. The van der Waals surface area contributed by atoms with Crippen LogP contribution >= 0.6 is 12.2 Å². The Morgan fingerprint density at radius 3 is 2.12 bits per heavy atom. The van der Waals surface area contributed by atoms with E-state index in [4.69, 9.17) is 27.4 Å². The van der Waals surface area contributed by atoms with Crippen LogP contribution in [-0.2, 0) is 19.1 Å². The molecule has 2 amide bonds. The molecule has 132 valence electrons. The number of fused-ring (bicyclic) bond motifs is 1. The highest BCUT2D eigenvalue weighted by Crippen LogP contribution is 2.25. The molecule has 25 heavy (non-hydrogen) atoms. The van der Waals surface area contributed by atoms with Crippen molar-refractivity contribution in [3.05, 3.63) is 35.4 Å². The Bertz CT molecular complexity index is 728. The lowest BCUT2D eigenvalue weighted by atomic mass is 10.1. The number of carbonyl (C=O) groups is 4. The molecule has 0 saturated heterocycles. The van der Waals surface area contributed by atoms with Gasteiger partial charge in [0.15, 0.2) is 12.1 Å². The third-order valence-electron chi connectivity index (χ3n) is 3.49. The highest BCUT2D eigenvalue weighted by molar-refractivity contribution is 7.80. The minimum atomic E-state index is -1.61.